The van der Waals surface area contributed by atoms with Crippen LogP contribution in [0.25, 0.3) is 0 Å². The fourth-order valence-corrected chi connectivity index (χ4v) is 3.54. The first kappa shape index (κ1) is 25.6. The number of hydrogen-bond donors (Lipinski definition) is 3. The van der Waals surface area contributed by atoms with Crippen molar-refractivity contribution in [3.05, 3.63) is 24.4 Å². The summed E-state index contributed by atoms with van der Waals surface area (Å²) >= 11 is 0. The van der Waals surface area contributed by atoms with E-state index in [4.69, 9.17) is 0 Å². The van der Waals surface area contributed by atoms with E-state index >= 15 is 0 Å². The molecule has 1 rings (SSSR count). The molecule has 3 N–H and O–H groups in total. The number of amides is 3. The van der Waals surface area contributed by atoms with E-state index in [0.29, 0.717) is 30.1 Å². The lowest BCUT2D eigenvalue weighted by molar-refractivity contribution is -0.174. The van der Waals surface area contributed by atoms with E-state index in [-0.39, 0.29) is 29.6 Å². The average Bonchev–Trinajstić information content (AvgIpc) is 2.70. The molecule has 2 unspecified atom stereocenters. The van der Waals surface area contributed by atoms with Gasteiger partial charge in [-0.25, -0.2) is 10.0 Å². The van der Waals surface area contributed by atoms with Crippen LogP contribution in [0, 0.1) is 23.7 Å². The summed E-state index contributed by atoms with van der Waals surface area (Å²) in [5.41, 5.74) is 0. The zero-order valence-electron chi connectivity index (χ0n) is 18.8. The number of hydroxylamine groups is 2. The van der Waals surface area contributed by atoms with Gasteiger partial charge in [0.15, 0.2) is 0 Å². The van der Waals surface area contributed by atoms with Gasteiger partial charge in [0.05, 0.1) is 12.0 Å². The van der Waals surface area contributed by atoms with Crippen molar-refractivity contribution in [1.82, 2.24) is 15.4 Å². The van der Waals surface area contributed by atoms with Crippen LogP contribution in [-0.4, -0.2) is 45.6 Å². The maximum absolute atomic E-state index is 13.3. The number of nitrogens with one attached hydrogen (secondary N) is 2. The smallest absolute Gasteiger partial charge is 0.248 e. The van der Waals surface area contributed by atoms with Crippen molar-refractivity contribution in [3.63, 3.8) is 0 Å². The number of pyridine rings is 1. The summed E-state index contributed by atoms with van der Waals surface area (Å²) in [6.45, 7) is 11.5. The number of carbonyl (C=O) groups excluding carboxylic acids is 3. The quantitative estimate of drug-likeness (QED) is 0.273. The number of anilines is 1. The molecule has 1 heterocycles. The molecule has 0 aliphatic carbocycles. The summed E-state index contributed by atoms with van der Waals surface area (Å²) in [5.74, 6) is -1.07. The van der Waals surface area contributed by atoms with Crippen LogP contribution in [0.2, 0.25) is 0 Å². The van der Waals surface area contributed by atoms with Gasteiger partial charge in [-0.3, -0.25) is 19.6 Å². The summed E-state index contributed by atoms with van der Waals surface area (Å²) < 4.78 is 0. The fourth-order valence-electron chi connectivity index (χ4n) is 3.54. The molecule has 8 nitrogen and oxygen atoms in total. The van der Waals surface area contributed by atoms with Crippen LogP contribution in [0.1, 0.15) is 54.4 Å². The second-order valence-corrected chi connectivity index (χ2v) is 8.53. The van der Waals surface area contributed by atoms with Crippen molar-refractivity contribution in [2.45, 2.75) is 66.5 Å². The Balaban J connectivity index is 3.12. The molecular formula is C22H36N4O4. The number of carbonyl (C=O) groups is 3. The first-order chi connectivity index (χ1) is 14.1. The van der Waals surface area contributed by atoms with Crippen molar-refractivity contribution >= 4 is 24.0 Å². The van der Waals surface area contributed by atoms with Gasteiger partial charge in [-0.05, 0) is 36.3 Å². The first-order valence-corrected chi connectivity index (χ1v) is 10.6. The van der Waals surface area contributed by atoms with Crippen molar-refractivity contribution < 1.29 is 19.6 Å². The highest BCUT2D eigenvalue weighted by molar-refractivity contribution is 5.97. The summed E-state index contributed by atoms with van der Waals surface area (Å²) in [6, 6.07) is 3.73. The zero-order chi connectivity index (χ0) is 22.8. The molecular weight excluding hydrogens is 384 g/mol. The highest BCUT2D eigenvalue weighted by Gasteiger charge is 2.37. The third-order valence-electron chi connectivity index (χ3n) is 5.28. The van der Waals surface area contributed by atoms with Gasteiger partial charge in [-0.2, -0.15) is 0 Å². The lowest BCUT2D eigenvalue weighted by atomic mass is 9.83. The van der Waals surface area contributed by atoms with Crippen molar-refractivity contribution in [1.29, 1.82) is 0 Å². The fraction of sp³-hybridized carbons (Fsp3) is 0.636. The van der Waals surface area contributed by atoms with E-state index in [1.165, 1.54) is 0 Å². The predicted octanol–water partition coefficient (Wildman–Crippen LogP) is 3.09. The normalized spacial score (nSPS) is 15.2. The van der Waals surface area contributed by atoms with E-state index in [1.54, 1.807) is 24.4 Å². The Hall–Kier alpha value is -2.48. The Labute approximate surface area is 179 Å². The summed E-state index contributed by atoms with van der Waals surface area (Å²) in [6.07, 6.45) is 3.05. The van der Waals surface area contributed by atoms with Gasteiger partial charge in [-0.15, -0.1) is 0 Å². The molecule has 0 bridgehead atoms. The van der Waals surface area contributed by atoms with Crippen molar-refractivity contribution in [2.24, 2.45) is 23.7 Å². The van der Waals surface area contributed by atoms with E-state index in [9.17, 15) is 19.6 Å². The number of hydrogen-bond acceptors (Lipinski definition) is 5. The second kappa shape index (κ2) is 12.3. The van der Waals surface area contributed by atoms with Gasteiger partial charge in [0.1, 0.15) is 11.9 Å². The van der Waals surface area contributed by atoms with Gasteiger partial charge < -0.3 is 10.6 Å². The Morgan fingerprint density at radius 1 is 1.17 bits per heavy atom. The molecule has 0 radical (unpaired) electrons. The molecule has 0 saturated heterocycles. The first-order valence-electron chi connectivity index (χ1n) is 10.6. The Kier molecular flexibility index (Phi) is 10.5. The molecule has 168 valence electrons. The minimum absolute atomic E-state index is 0.119. The average molecular weight is 421 g/mol. The minimum atomic E-state index is -0.768. The summed E-state index contributed by atoms with van der Waals surface area (Å²) in [7, 11) is 0. The van der Waals surface area contributed by atoms with E-state index in [2.05, 4.69) is 15.6 Å². The monoisotopic (exact) mass is 420 g/mol. The molecule has 4 atom stereocenters. The van der Waals surface area contributed by atoms with Crippen molar-refractivity contribution in [3.8, 4) is 0 Å². The molecule has 8 heteroatoms. The molecule has 0 spiro atoms. The highest BCUT2D eigenvalue weighted by atomic mass is 16.5. The number of rotatable bonds is 12. The van der Waals surface area contributed by atoms with Crippen LogP contribution in [0.4, 0.5) is 5.82 Å². The van der Waals surface area contributed by atoms with Crippen LogP contribution in [0.3, 0.4) is 0 Å². The largest absolute Gasteiger partial charge is 0.344 e. The van der Waals surface area contributed by atoms with Gasteiger partial charge >= 0.3 is 0 Å². The molecule has 0 aliphatic heterocycles. The molecule has 3 amide bonds. The maximum Gasteiger partial charge on any atom is 0.248 e. The molecule has 0 aromatic carbocycles. The van der Waals surface area contributed by atoms with Crippen LogP contribution in [0.15, 0.2) is 24.4 Å². The predicted molar refractivity (Wildman–Crippen MR) is 116 cm³/mol. The SMILES string of the molecule is CC[C@H](C)C(NC(=O)[C@H](CC(C)C)C(C(C)C)N(O)C=O)C(=O)Nc1ccccn1. The van der Waals surface area contributed by atoms with Crippen LogP contribution in [0.5, 0.6) is 0 Å². The topological polar surface area (TPSA) is 112 Å². The third-order valence-corrected chi connectivity index (χ3v) is 5.28. The zero-order valence-corrected chi connectivity index (χ0v) is 18.8. The van der Waals surface area contributed by atoms with E-state index in [0.717, 1.165) is 0 Å². The molecule has 0 saturated carbocycles. The number of aromatic nitrogens is 1. The Morgan fingerprint density at radius 2 is 1.83 bits per heavy atom. The van der Waals surface area contributed by atoms with Gasteiger partial charge in [0, 0.05) is 6.20 Å². The lowest BCUT2D eigenvalue weighted by Crippen LogP contribution is -2.54. The molecule has 0 aliphatic rings. The van der Waals surface area contributed by atoms with Gasteiger partial charge in [-0.1, -0.05) is 54.0 Å². The van der Waals surface area contributed by atoms with E-state index < -0.39 is 18.0 Å². The third kappa shape index (κ3) is 7.40. The van der Waals surface area contributed by atoms with Crippen LogP contribution in [-0.2, 0) is 14.4 Å². The van der Waals surface area contributed by atoms with Crippen LogP contribution >= 0.6 is 0 Å². The Morgan fingerprint density at radius 3 is 2.30 bits per heavy atom. The minimum Gasteiger partial charge on any atom is -0.344 e. The molecule has 1 aromatic rings. The molecule has 0 fully saturated rings. The maximum atomic E-state index is 13.3. The Bertz CT molecular complexity index is 681. The van der Waals surface area contributed by atoms with Gasteiger partial charge in [0.25, 0.3) is 0 Å². The van der Waals surface area contributed by atoms with E-state index in [1.807, 2.05) is 41.5 Å². The molecule has 30 heavy (non-hydrogen) atoms. The highest BCUT2D eigenvalue weighted by Crippen LogP contribution is 2.25. The van der Waals surface area contributed by atoms with Crippen molar-refractivity contribution in [2.75, 3.05) is 5.32 Å². The molecule has 1 aromatic heterocycles. The second-order valence-electron chi connectivity index (χ2n) is 8.53. The lowest BCUT2D eigenvalue weighted by Gasteiger charge is -2.35. The number of nitrogens with zero attached hydrogens (tertiary/aromatic N) is 2. The standard InChI is InChI=1S/C22H36N4O4/c1-7-16(6)19(22(29)24-18-10-8-9-11-23-18)25-21(28)17(12-14(2)3)20(15(4)5)26(30)13-27/h8-11,13-17,19-20,30H,7,12H2,1-6H3,(H,25,28)(H,23,24,29)/t16-,17+,19?,20?/m0/s1. The summed E-state index contributed by atoms with van der Waals surface area (Å²) in [4.78, 5) is 41.5. The van der Waals surface area contributed by atoms with Crippen LogP contribution < -0.4 is 10.6 Å². The summed E-state index contributed by atoms with van der Waals surface area (Å²) in [5, 5.41) is 16.3. The van der Waals surface area contributed by atoms with Gasteiger partial charge in [0.2, 0.25) is 18.2 Å².